The second-order valence-electron chi connectivity index (χ2n) is 1.79. The average Bonchev–Trinajstić information content (AvgIpc) is 1.68. The Balaban J connectivity index is 2.83. The van der Waals surface area contributed by atoms with Gasteiger partial charge in [0, 0.05) is 0 Å². The van der Waals surface area contributed by atoms with Gasteiger partial charge < -0.3 is 0 Å². The summed E-state index contributed by atoms with van der Waals surface area (Å²) in [4.78, 5) is 0. The van der Waals surface area contributed by atoms with Gasteiger partial charge in [-0.1, -0.05) is 13.8 Å². The Morgan fingerprint density at radius 3 is 2.43 bits per heavy atom. The molecule has 0 bridgehead atoms. The minimum absolute atomic E-state index is 0.189. The van der Waals surface area contributed by atoms with Crippen molar-refractivity contribution >= 4 is 0 Å². The summed E-state index contributed by atoms with van der Waals surface area (Å²) in [5.74, 6) is 0.449. The van der Waals surface area contributed by atoms with Crippen molar-refractivity contribution in [1.82, 2.24) is 0 Å². The molecule has 0 saturated carbocycles. The minimum atomic E-state index is -0.189. The Morgan fingerprint density at radius 2 is 2.29 bits per heavy atom. The third-order valence-electron chi connectivity index (χ3n) is 1.13. The van der Waals surface area contributed by atoms with Crippen molar-refractivity contribution in [3.8, 4) is 0 Å². The molecule has 0 aliphatic rings. The zero-order chi connectivity index (χ0) is 5.70. The van der Waals surface area contributed by atoms with E-state index in [1.807, 2.05) is 20.3 Å². The van der Waals surface area contributed by atoms with E-state index in [0.717, 1.165) is 0 Å². The summed E-state index contributed by atoms with van der Waals surface area (Å²) < 4.78 is 11.4. The van der Waals surface area contributed by atoms with Crippen molar-refractivity contribution in [2.45, 2.75) is 20.3 Å². The Labute approximate surface area is 44.7 Å². The maximum absolute atomic E-state index is 11.4. The predicted octanol–water partition coefficient (Wildman–Crippen LogP) is 2.21. The normalized spacial score (nSPS) is 14.1. The molecule has 1 atom stereocenters. The van der Waals surface area contributed by atoms with Crippen LogP contribution >= 0.6 is 0 Å². The van der Waals surface area contributed by atoms with Crippen LogP contribution in [0.4, 0.5) is 4.39 Å². The Morgan fingerprint density at radius 1 is 1.71 bits per heavy atom. The summed E-state index contributed by atoms with van der Waals surface area (Å²) in [5.41, 5.74) is 0. The minimum Gasteiger partial charge on any atom is -0.251 e. The monoisotopic (exact) mass is 103 g/mol. The van der Waals surface area contributed by atoms with Gasteiger partial charge in [-0.05, 0) is 18.8 Å². The lowest BCUT2D eigenvalue weighted by molar-refractivity contribution is 0.427. The molecule has 0 rings (SSSR count). The summed E-state index contributed by atoms with van der Waals surface area (Å²) in [6, 6.07) is 0. The van der Waals surface area contributed by atoms with Crippen LogP contribution in [0.25, 0.3) is 0 Å². The summed E-state index contributed by atoms with van der Waals surface area (Å²) in [6.07, 6.45) is 2.69. The van der Waals surface area contributed by atoms with Crippen molar-refractivity contribution in [2.24, 2.45) is 5.92 Å². The van der Waals surface area contributed by atoms with Crippen LogP contribution in [0.3, 0.4) is 0 Å². The molecule has 0 N–H and O–H groups in total. The smallest absolute Gasteiger partial charge is 0.0897 e. The second-order valence-corrected chi connectivity index (χ2v) is 1.79. The van der Waals surface area contributed by atoms with Crippen LogP contribution in [-0.2, 0) is 0 Å². The molecular formula is C6H12F. The fourth-order valence-corrected chi connectivity index (χ4v) is 0.339. The predicted molar refractivity (Wildman–Crippen MR) is 29.7 cm³/mol. The highest BCUT2D eigenvalue weighted by molar-refractivity contribution is 4.64. The molecule has 0 amide bonds. The topological polar surface area (TPSA) is 0 Å². The number of rotatable bonds is 3. The van der Waals surface area contributed by atoms with Crippen molar-refractivity contribution in [3.05, 3.63) is 6.42 Å². The summed E-state index contributed by atoms with van der Waals surface area (Å²) >= 11 is 0. The summed E-state index contributed by atoms with van der Waals surface area (Å²) in [5, 5.41) is 0. The molecule has 0 aliphatic heterocycles. The van der Waals surface area contributed by atoms with E-state index in [1.165, 1.54) is 0 Å². The van der Waals surface area contributed by atoms with Gasteiger partial charge in [0.15, 0.2) is 0 Å². The molecule has 0 aliphatic carbocycles. The average molecular weight is 103 g/mol. The first-order valence-corrected chi connectivity index (χ1v) is 2.66. The van der Waals surface area contributed by atoms with Crippen molar-refractivity contribution in [3.63, 3.8) is 0 Å². The molecular weight excluding hydrogens is 91.1 g/mol. The molecule has 1 heteroatoms. The van der Waals surface area contributed by atoms with Crippen LogP contribution in [0.15, 0.2) is 0 Å². The van der Waals surface area contributed by atoms with Crippen LogP contribution in [0, 0.1) is 12.3 Å². The molecule has 0 heterocycles. The molecule has 0 aromatic rings. The van der Waals surface area contributed by atoms with Gasteiger partial charge in [-0.3, -0.25) is 4.39 Å². The largest absolute Gasteiger partial charge is 0.251 e. The van der Waals surface area contributed by atoms with Gasteiger partial charge in [0.1, 0.15) is 0 Å². The van der Waals surface area contributed by atoms with Crippen LogP contribution in [-0.4, -0.2) is 6.67 Å². The number of hydrogen-bond acceptors (Lipinski definition) is 0. The SMILES string of the molecule is C[CH]C(C)CCF. The maximum atomic E-state index is 11.4. The summed E-state index contributed by atoms with van der Waals surface area (Å²) in [6.45, 7) is 3.78. The van der Waals surface area contributed by atoms with E-state index in [2.05, 4.69) is 0 Å². The molecule has 1 radical (unpaired) electrons. The quantitative estimate of drug-likeness (QED) is 0.513. The zero-order valence-electron chi connectivity index (χ0n) is 4.95. The van der Waals surface area contributed by atoms with Gasteiger partial charge in [-0.2, -0.15) is 0 Å². The zero-order valence-corrected chi connectivity index (χ0v) is 4.95. The lowest BCUT2D eigenvalue weighted by Gasteiger charge is -2.00. The Kier molecular flexibility index (Phi) is 4.06. The van der Waals surface area contributed by atoms with Crippen LogP contribution in [0.5, 0.6) is 0 Å². The highest BCUT2D eigenvalue weighted by Crippen LogP contribution is 2.03. The molecule has 0 aromatic carbocycles. The second kappa shape index (κ2) is 4.10. The van der Waals surface area contributed by atoms with E-state index in [4.69, 9.17) is 0 Å². The first kappa shape index (κ1) is 6.93. The van der Waals surface area contributed by atoms with Gasteiger partial charge in [0.2, 0.25) is 0 Å². The Bertz CT molecular complexity index is 35.2. The van der Waals surface area contributed by atoms with E-state index < -0.39 is 0 Å². The molecule has 0 aromatic heterocycles. The molecule has 7 heavy (non-hydrogen) atoms. The van der Waals surface area contributed by atoms with Crippen molar-refractivity contribution < 1.29 is 4.39 Å². The van der Waals surface area contributed by atoms with Crippen LogP contribution < -0.4 is 0 Å². The van der Waals surface area contributed by atoms with Gasteiger partial charge in [0.05, 0.1) is 6.67 Å². The molecule has 1 unspecified atom stereocenters. The number of halogens is 1. The molecule has 0 spiro atoms. The van der Waals surface area contributed by atoms with E-state index in [9.17, 15) is 4.39 Å². The fraction of sp³-hybridized carbons (Fsp3) is 0.833. The van der Waals surface area contributed by atoms with Gasteiger partial charge in [-0.25, -0.2) is 0 Å². The molecule has 0 fully saturated rings. The van der Waals surface area contributed by atoms with Crippen LogP contribution in [0.1, 0.15) is 20.3 Å². The van der Waals surface area contributed by atoms with E-state index in [1.54, 1.807) is 0 Å². The van der Waals surface area contributed by atoms with Crippen LogP contribution in [0.2, 0.25) is 0 Å². The molecule has 0 saturated heterocycles. The first-order chi connectivity index (χ1) is 3.31. The molecule has 0 nitrogen and oxygen atoms in total. The Hall–Kier alpha value is -0.0700. The third kappa shape index (κ3) is 3.77. The third-order valence-corrected chi connectivity index (χ3v) is 1.13. The number of hydrogen-bond donors (Lipinski definition) is 0. The molecule has 43 valence electrons. The first-order valence-electron chi connectivity index (χ1n) is 2.66. The van der Waals surface area contributed by atoms with E-state index in [-0.39, 0.29) is 6.67 Å². The van der Waals surface area contributed by atoms with Crippen molar-refractivity contribution in [2.75, 3.05) is 6.67 Å². The lowest BCUT2D eigenvalue weighted by atomic mass is 10.1. The fourth-order valence-electron chi connectivity index (χ4n) is 0.339. The van der Waals surface area contributed by atoms with E-state index >= 15 is 0 Å². The highest BCUT2D eigenvalue weighted by atomic mass is 19.1. The van der Waals surface area contributed by atoms with Gasteiger partial charge in [-0.15, -0.1) is 0 Å². The lowest BCUT2D eigenvalue weighted by Crippen LogP contribution is -1.92. The number of alkyl halides is 1. The van der Waals surface area contributed by atoms with E-state index in [0.29, 0.717) is 12.3 Å². The van der Waals surface area contributed by atoms with Gasteiger partial charge in [0.25, 0.3) is 0 Å². The summed E-state index contributed by atoms with van der Waals surface area (Å²) in [7, 11) is 0. The highest BCUT2D eigenvalue weighted by Gasteiger charge is 1.94. The maximum Gasteiger partial charge on any atom is 0.0897 e. The van der Waals surface area contributed by atoms with Crippen molar-refractivity contribution in [1.29, 1.82) is 0 Å². The standard InChI is InChI=1S/C6H12F/c1-3-6(2)4-5-7/h3,6H,4-5H2,1-2H3. The van der Waals surface area contributed by atoms with Gasteiger partial charge >= 0.3 is 0 Å².